The van der Waals surface area contributed by atoms with E-state index >= 15 is 0 Å². The number of hydrogen-bond acceptors (Lipinski definition) is 0. The van der Waals surface area contributed by atoms with Crippen LogP contribution in [0.2, 0.25) is 0 Å². The Hall–Kier alpha value is 4.44. The maximum atomic E-state index is 0. The summed E-state index contributed by atoms with van der Waals surface area (Å²) in [5.74, 6) is 0. The van der Waals surface area contributed by atoms with Gasteiger partial charge >= 0.3 is 77.4 Å². The molecule has 0 amide bonds. The van der Waals surface area contributed by atoms with Gasteiger partial charge in [-0.3, -0.25) is 0 Å². The third-order valence-electron chi connectivity index (χ3n) is 0. The van der Waals surface area contributed by atoms with Gasteiger partial charge in [-0.05, 0) is 0 Å². The summed E-state index contributed by atoms with van der Waals surface area (Å²) in [5.41, 5.74) is 0. The van der Waals surface area contributed by atoms with Gasteiger partial charge in [-0.2, -0.15) is 0 Å². The van der Waals surface area contributed by atoms with Crippen LogP contribution in [0.1, 0.15) is 0 Å². The van der Waals surface area contributed by atoms with Gasteiger partial charge in [0.25, 0.3) is 0 Å². The van der Waals surface area contributed by atoms with E-state index in [2.05, 4.69) is 0 Å². The second-order valence-electron chi connectivity index (χ2n) is 0. The molecule has 0 aliphatic carbocycles. The van der Waals surface area contributed by atoms with Crippen LogP contribution in [0.25, 0.3) is 0 Å². The third-order valence-corrected chi connectivity index (χ3v) is 0. The van der Waals surface area contributed by atoms with E-state index in [9.17, 15) is 0 Å². The Morgan fingerprint density at radius 1 is 1.00 bits per heavy atom. The first kappa shape index (κ1) is 47.2. The molecule has 6 heteroatoms. The molecule has 0 aliphatic rings. The third kappa shape index (κ3) is 23.7. The molecule has 0 spiro atoms. The molecule has 0 saturated heterocycles. The summed E-state index contributed by atoms with van der Waals surface area (Å²) in [4.78, 5) is 0. The molecule has 0 fully saturated rings. The van der Waals surface area contributed by atoms with Crippen molar-refractivity contribution in [3.63, 3.8) is 0 Å². The van der Waals surface area contributed by atoms with Crippen LogP contribution in [0.15, 0.2) is 0 Å². The molecule has 0 nitrogen and oxygen atoms in total. The molecule has 39 valence electrons. The summed E-state index contributed by atoms with van der Waals surface area (Å²) >= 11 is 0. The minimum atomic E-state index is 0. The zero-order valence-electron chi connectivity index (χ0n) is 3.54. The van der Waals surface area contributed by atoms with E-state index < -0.39 is 0 Å². The van der Waals surface area contributed by atoms with Crippen LogP contribution in [0.3, 0.4) is 0 Å². The van der Waals surface area contributed by atoms with E-state index in [0.29, 0.717) is 0 Å². The van der Waals surface area contributed by atoms with Crippen molar-refractivity contribution in [1.29, 1.82) is 0 Å². The van der Waals surface area contributed by atoms with E-state index in [1.54, 1.807) is 0 Å². The van der Waals surface area contributed by atoms with Crippen LogP contribution in [0.5, 0.6) is 0 Å². The zero-order chi connectivity index (χ0) is 0. The molecule has 0 saturated carbocycles. The molecule has 0 rings (SSSR count). The van der Waals surface area contributed by atoms with Crippen LogP contribution in [0, 0.1) is 0 Å². The topological polar surface area (TPSA) is 0 Å². The zero-order valence-corrected chi connectivity index (χ0v) is 25.4. The van der Waals surface area contributed by atoms with Gasteiger partial charge in [-0.25, -0.2) is 0 Å². The quantitative estimate of drug-likeness (QED) is 0.228. The van der Waals surface area contributed by atoms with Gasteiger partial charge in [-0.15, -0.1) is 0 Å². The van der Waals surface area contributed by atoms with Crippen molar-refractivity contribution >= 4 is 77.4 Å². The maximum absolute atomic E-state index is 0. The van der Waals surface area contributed by atoms with Gasteiger partial charge < -0.3 is 0 Å². The summed E-state index contributed by atoms with van der Waals surface area (Å²) < 4.78 is 0. The van der Waals surface area contributed by atoms with E-state index in [1.807, 2.05) is 0 Å². The predicted octanol–water partition coefficient (Wildman–Crippen LogP) is -3.02. The van der Waals surface area contributed by atoms with Crippen LogP contribution < -0.4 is 0 Å². The Labute approximate surface area is 132 Å². The smallest absolute Gasteiger partial charge is 0 e. The van der Waals surface area contributed by atoms with Crippen molar-refractivity contribution < 1.29 is 57.6 Å². The first-order valence-corrected chi connectivity index (χ1v) is 0. The van der Waals surface area contributed by atoms with Crippen LogP contribution >= 0.6 is 0 Å². The van der Waals surface area contributed by atoms with Crippen LogP contribution in [-0.4, -0.2) is 77.4 Å². The molecule has 0 aromatic rings. The molecule has 0 N–H and O–H groups in total. The van der Waals surface area contributed by atoms with Gasteiger partial charge in [0.1, 0.15) is 0 Å². The van der Waals surface area contributed by atoms with Crippen molar-refractivity contribution in [3.8, 4) is 0 Å². The summed E-state index contributed by atoms with van der Waals surface area (Å²) in [6.45, 7) is 0. The molecular weight excluding hydrogens is 848 g/mol. The first-order chi connectivity index (χ1) is 0. The second-order valence-corrected chi connectivity index (χ2v) is 0. The van der Waals surface area contributed by atoms with Gasteiger partial charge in [0, 0.05) is 57.6 Å². The largest absolute Gasteiger partial charge is 0 e. The van der Waals surface area contributed by atoms with Crippen molar-refractivity contribution in [1.82, 2.24) is 0 Å². The van der Waals surface area contributed by atoms with E-state index in [1.165, 1.54) is 0 Å². The molecule has 0 atom stereocenters. The normalized spacial score (nSPS) is 0. The van der Waals surface area contributed by atoms with Gasteiger partial charge in [-0.1, -0.05) is 0 Å². The number of rotatable bonds is 0. The Kier molecular flexibility index (Phi) is 269. The van der Waals surface area contributed by atoms with Crippen molar-refractivity contribution in [2.75, 3.05) is 0 Å². The summed E-state index contributed by atoms with van der Waals surface area (Å²) in [5, 5.41) is 0. The molecular formula is H7BiCuPbSnWZn. The fourth-order valence-corrected chi connectivity index (χ4v) is 0. The fraction of sp³-hybridized carbons (Fsp3) is 0. The predicted molar refractivity (Wildman–Crippen MR) is 27.0 cm³/mol. The van der Waals surface area contributed by atoms with Crippen LogP contribution in [0.4, 0.5) is 0 Å². The van der Waals surface area contributed by atoms with Gasteiger partial charge in [0.05, 0.1) is 0 Å². The van der Waals surface area contributed by atoms with Gasteiger partial charge in [0.15, 0.2) is 0 Å². The molecule has 0 aromatic heterocycles. The van der Waals surface area contributed by atoms with Crippen molar-refractivity contribution in [2.45, 2.75) is 0 Å². The Balaban J connectivity index is 0. The fourth-order valence-electron chi connectivity index (χ4n) is 0. The van der Waals surface area contributed by atoms with Crippen LogP contribution in [-0.2, 0) is 57.6 Å². The molecule has 0 aromatic carbocycles. The Morgan fingerprint density at radius 3 is 1.00 bits per heavy atom. The average molecular weight is 855 g/mol. The molecule has 0 unspecified atom stereocenters. The molecule has 0 heterocycles. The van der Waals surface area contributed by atoms with E-state index in [-0.39, 0.29) is 135 Å². The molecule has 0 aliphatic heterocycles. The Bertz CT molecular complexity index is 15.5. The molecule has 5 radical (unpaired) electrons. The average Bonchev–Trinajstić information content (AvgIpc) is 0. The van der Waals surface area contributed by atoms with E-state index in [0.717, 1.165) is 0 Å². The Morgan fingerprint density at radius 2 is 1.00 bits per heavy atom. The number of hydrogen-bond donors (Lipinski definition) is 0. The maximum Gasteiger partial charge on any atom is 0 e. The van der Waals surface area contributed by atoms with Crippen molar-refractivity contribution in [3.05, 3.63) is 0 Å². The van der Waals surface area contributed by atoms with Crippen molar-refractivity contribution in [2.24, 2.45) is 0 Å². The summed E-state index contributed by atoms with van der Waals surface area (Å²) in [7, 11) is 0. The standard InChI is InChI=1S/Bi.Cu.Pb.Sn.W.Zn.7H. The summed E-state index contributed by atoms with van der Waals surface area (Å²) in [6.07, 6.45) is 0. The first-order valence-electron chi connectivity index (χ1n) is 0. The second kappa shape index (κ2) is 34.1. The van der Waals surface area contributed by atoms with Gasteiger partial charge in [0.2, 0.25) is 0 Å². The SMILES string of the molecule is [BiH3].[Cu].[PbH2].[SnH2].[W].[Zn]. The monoisotopic (exact) mass is 855 g/mol. The molecule has 6 heavy (non-hydrogen) atoms. The minimum absolute atomic E-state index is 0. The molecule has 0 bridgehead atoms. The minimum Gasteiger partial charge on any atom is 0 e. The van der Waals surface area contributed by atoms with E-state index in [4.69, 9.17) is 0 Å². The summed E-state index contributed by atoms with van der Waals surface area (Å²) in [6, 6.07) is 0.